The van der Waals surface area contributed by atoms with Gasteiger partial charge in [-0.25, -0.2) is 0 Å². The molecular weight excluding hydrogens is 416 g/mol. The molecule has 0 radical (unpaired) electrons. The number of nitrogen functional groups attached to an aromatic ring is 1. The molecule has 1 atom stereocenters. The van der Waals surface area contributed by atoms with Crippen LogP contribution in [0.1, 0.15) is 30.1 Å². The van der Waals surface area contributed by atoms with E-state index >= 15 is 0 Å². The van der Waals surface area contributed by atoms with E-state index in [9.17, 15) is 14.4 Å². The Hall–Kier alpha value is -4.13. The van der Waals surface area contributed by atoms with Crippen molar-refractivity contribution in [2.45, 2.75) is 25.8 Å². The SMILES string of the molecule is CC(C(=O)Nc1ccc(C(=O)Nc2cc(-c3ccccc3)ccc2N)cc1)N1CCCC1=O. The highest BCUT2D eigenvalue weighted by Crippen LogP contribution is 2.27. The Morgan fingerprint density at radius 1 is 0.939 bits per heavy atom. The number of carbonyl (C=O) groups excluding carboxylic acids is 3. The summed E-state index contributed by atoms with van der Waals surface area (Å²) in [4.78, 5) is 38.7. The average Bonchev–Trinajstić information content (AvgIpc) is 3.26. The summed E-state index contributed by atoms with van der Waals surface area (Å²) in [5.74, 6) is -0.561. The van der Waals surface area contributed by atoms with Crippen LogP contribution in [0.3, 0.4) is 0 Å². The van der Waals surface area contributed by atoms with Gasteiger partial charge >= 0.3 is 0 Å². The minimum atomic E-state index is -0.539. The Balaban J connectivity index is 1.41. The molecule has 1 heterocycles. The molecule has 0 aromatic heterocycles. The largest absolute Gasteiger partial charge is 0.397 e. The molecule has 7 heteroatoms. The number of benzene rings is 3. The summed E-state index contributed by atoms with van der Waals surface area (Å²) in [5, 5.41) is 5.67. The molecule has 0 aliphatic carbocycles. The number of nitrogens with two attached hydrogens (primary N) is 1. The van der Waals surface area contributed by atoms with E-state index in [0.29, 0.717) is 35.6 Å². The highest BCUT2D eigenvalue weighted by Gasteiger charge is 2.29. The maximum absolute atomic E-state index is 12.8. The fourth-order valence-electron chi connectivity index (χ4n) is 3.84. The van der Waals surface area contributed by atoms with E-state index < -0.39 is 6.04 Å². The first-order chi connectivity index (χ1) is 15.9. The van der Waals surface area contributed by atoms with Crippen molar-refractivity contribution in [2.75, 3.05) is 22.9 Å². The minimum absolute atomic E-state index is 0.000255. The Labute approximate surface area is 192 Å². The quantitative estimate of drug-likeness (QED) is 0.499. The molecule has 33 heavy (non-hydrogen) atoms. The van der Waals surface area contributed by atoms with E-state index in [4.69, 9.17) is 5.73 Å². The zero-order valence-electron chi connectivity index (χ0n) is 18.4. The van der Waals surface area contributed by atoms with Crippen LogP contribution in [0.5, 0.6) is 0 Å². The summed E-state index contributed by atoms with van der Waals surface area (Å²) in [6.07, 6.45) is 1.26. The number of hydrogen-bond donors (Lipinski definition) is 3. The zero-order valence-corrected chi connectivity index (χ0v) is 18.4. The summed E-state index contributed by atoms with van der Waals surface area (Å²) >= 11 is 0. The van der Waals surface area contributed by atoms with Crippen molar-refractivity contribution in [3.63, 3.8) is 0 Å². The van der Waals surface area contributed by atoms with Crippen LogP contribution in [0.15, 0.2) is 72.8 Å². The summed E-state index contributed by atoms with van der Waals surface area (Å²) < 4.78 is 0. The van der Waals surface area contributed by atoms with Crippen molar-refractivity contribution >= 4 is 34.8 Å². The number of likely N-dealkylation sites (tertiary alicyclic amines) is 1. The second-order valence-electron chi connectivity index (χ2n) is 8.06. The summed E-state index contributed by atoms with van der Waals surface area (Å²) in [6, 6.07) is 21.4. The number of anilines is 3. The lowest BCUT2D eigenvalue weighted by Gasteiger charge is -2.23. The van der Waals surface area contributed by atoms with Gasteiger partial charge in [0.1, 0.15) is 6.04 Å². The molecule has 0 saturated carbocycles. The lowest BCUT2D eigenvalue weighted by atomic mass is 10.0. The molecule has 1 saturated heterocycles. The zero-order chi connectivity index (χ0) is 23.4. The lowest BCUT2D eigenvalue weighted by molar-refractivity contribution is -0.134. The summed E-state index contributed by atoms with van der Waals surface area (Å²) in [5.41, 5.74) is 10.0. The molecule has 1 unspecified atom stereocenters. The molecule has 1 fully saturated rings. The molecule has 168 valence electrons. The van der Waals surface area contributed by atoms with Crippen molar-refractivity contribution in [3.05, 3.63) is 78.4 Å². The van der Waals surface area contributed by atoms with Crippen molar-refractivity contribution in [1.82, 2.24) is 4.90 Å². The third-order valence-corrected chi connectivity index (χ3v) is 5.78. The smallest absolute Gasteiger partial charge is 0.255 e. The molecule has 7 nitrogen and oxygen atoms in total. The molecule has 4 rings (SSSR count). The highest BCUT2D eigenvalue weighted by molar-refractivity contribution is 6.06. The minimum Gasteiger partial charge on any atom is -0.397 e. The van der Waals surface area contributed by atoms with Gasteiger partial charge in [-0.15, -0.1) is 0 Å². The molecule has 1 aliphatic rings. The van der Waals surface area contributed by atoms with Crippen molar-refractivity contribution < 1.29 is 14.4 Å². The lowest BCUT2D eigenvalue weighted by Crippen LogP contribution is -2.42. The number of amides is 3. The van der Waals surface area contributed by atoms with Crippen LogP contribution in [-0.2, 0) is 9.59 Å². The van der Waals surface area contributed by atoms with Gasteiger partial charge in [0.15, 0.2) is 0 Å². The van der Waals surface area contributed by atoms with E-state index in [1.807, 2.05) is 42.5 Å². The number of nitrogens with one attached hydrogen (secondary N) is 2. The molecule has 4 N–H and O–H groups in total. The first kappa shape index (κ1) is 22.1. The van der Waals surface area contributed by atoms with E-state index in [-0.39, 0.29) is 17.7 Å². The second-order valence-corrected chi connectivity index (χ2v) is 8.06. The van der Waals surface area contributed by atoms with Gasteiger partial charge in [-0.1, -0.05) is 36.4 Å². The monoisotopic (exact) mass is 442 g/mol. The molecule has 1 aliphatic heterocycles. The first-order valence-electron chi connectivity index (χ1n) is 10.9. The van der Waals surface area contributed by atoms with Crippen LogP contribution >= 0.6 is 0 Å². The summed E-state index contributed by atoms with van der Waals surface area (Å²) in [6.45, 7) is 2.31. The van der Waals surface area contributed by atoms with Crippen LogP contribution in [0.25, 0.3) is 11.1 Å². The molecular formula is C26H26N4O3. The van der Waals surface area contributed by atoms with Gasteiger partial charge in [0.25, 0.3) is 5.91 Å². The van der Waals surface area contributed by atoms with Crippen molar-refractivity contribution in [2.24, 2.45) is 0 Å². The maximum Gasteiger partial charge on any atom is 0.255 e. The third kappa shape index (κ3) is 5.03. The van der Waals surface area contributed by atoms with Crippen LogP contribution in [0.4, 0.5) is 17.1 Å². The predicted molar refractivity (Wildman–Crippen MR) is 130 cm³/mol. The molecule has 3 aromatic carbocycles. The molecule has 3 aromatic rings. The second kappa shape index (κ2) is 9.56. The number of hydrogen-bond acceptors (Lipinski definition) is 4. The van der Waals surface area contributed by atoms with Gasteiger partial charge in [0.05, 0.1) is 11.4 Å². The van der Waals surface area contributed by atoms with E-state index in [0.717, 1.165) is 17.5 Å². The first-order valence-corrected chi connectivity index (χ1v) is 10.9. The van der Waals surface area contributed by atoms with E-state index in [1.54, 1.807) is 42.2 Å². The van der Waals surface area contributed by atoms with Gasteiger partial charge in [-0.05, 0) is 60.9 Å². The number of rotatable bonds is 6. The number of nitrogens with zero attached hydrogens (tertiary/aromatic N) is 1. The Morgan fingerprint density at radius 2 is 1.67 bits per heavy atom. The Bertz CT molecular complexity index is 1180. The standard InChI is InChI=1S/C26H26N4O3/c1-17(30-15-5-8-24(30)31)25(32)28-21-12-9-19(10-13-21)26(33)29-23-16-20(11-14-22(23)27)18-6-3-2-4-7-18/h2-4,6-7,9-14,16-17H,5,8,15,27H2,1H3,(H,28,32)(H,29,33). The topological polar surface area (TPSA) is 105 Å². The average molecular weight is 443 g/mol. The molecule has 3 amide bonds. The van der Waals surface area contributed by atoms with Gasteiger partial charge in [-0.2, -0.15) is 0 Å². The summed E-state index contributed by atoms with van der Waals surface area (Å²) in [7, 11) is 0. The molecule has 0 spiro atoms. The highest BCUT2D eigenvalue weighted by atomic mass is 16.2. The van der Waals surface area contributed by atoms with Crippen molar-refractivity contribution in [3.8, 4) is 11.1 Å². The van der Waals surface area contributed by atoms with Gasteiger partial charge in [0.2, 0.25) is 11.8 Å². The Morgan fingerprint density at radius 3 is 2.33 bits per heavy atom. The van der Waals surface area contributed by atoms with E-state index in [2.05, 4.69) is 10.6 Å². The normalized spacial score (nSPS) is 14.1. The van der Waals surface area contributed by atoms with Gasteiger partial charge in [-0.3, -0.25) is 14.4 Å². The van der Waals surface area contributed by atoms with Crippen LogP contribution in [-0.4, -0.2) is 35.2 Å². The fraction of sp³-hybridized carbons (Fsp3) is 0.192. The van der Waals surface area contributed by atoms with Crippen LogP contribution in [0.2, 0.25) is 0 Å². The van der Waals surface area contributed by atoms with Crippen molar-refractivity contribution in [1.29, 1.82) is 0 Å². The molecule has 0 bridgehead atoms. The van der Waals surface area contributed by atoms with Gasteiger partial charge < -0.3 is 21.3 Å². The maximum atomic E-state index is 12.8. The van der Waals surface area contributed by atoms with Crippen LogP contribution in [0, 0.1) is 0 Å². The van der Waals surface area contributed by atoms with Crippen LogP contribution < -0.4 is 16.4 Å². The predicted octanol–water partition coefficient (Wildman–Crippen LogP) is 4.14. The van der Waals surface area contributed by atoms with Gasteiger partial charge in [0, 0.05) is 24.2 Å². The number of carbonyl (C=O) groups is 3. The third-order valence-electron chi connectivity index (χ3n) is 5.78. The fourth-order valence-corrected chi connectivity index (χ4v) is 3.84. The van der Waals surface area contributed by atoms with E-state index in [1.165, 1.54) is 0 Å². The Kier molecular flexibility index (Phi) is 6.40.